The van der Waals surface area contributed by atoms with Crippen LogP contribution in [0.25, 0.3) is 0 Å². The fourth-order valence-corrected chi connectivity index (χ4v) is 2.83. The molecule has 0 heterocycles. The molecule has 0 atom stereocenters. The van der Waals surface area contributed by atoms with E-state index in [4.69, 9.17) is 4.74 Å². The van der Waals surface area contributed by atoms with E-state index < -0.39 is 35.1 Å². The van der Waals surface area contributed by atoms with Gasteiger partial charge >= 0.3 is 6.18 Å². The van der Waals surface area contributed by atoms with Gasteiger partial charge in [-0.2, -0.15) is 13.2 Å². The van der Waals surface area contributed by atoms with Crippen molar-refractivity contribution in [3.8, 4) is 0 Å². The highest BCUT2D eigenvalue weighted by Crippen LogP contribution is 2.20. The SMILES string of the molecule is COCCNS(=O)(=O)c1cccc(C(=O)N(C)CCC(F)(F)F)c1. The molecule has 10 heteroatoms. The minimum Gasteiger partial charge on any atom is -0.383 e. The summed E-state index contributed by atoms with van der Waals surface area (Å²) in [4.78, 5) is 12.9. The van der Waals surface area contributed by atoms with Gasteiger partial charge in [0.15, 0.2) is 0 Å². The van der Waals surface area contributed by atoms with Crippen LogP contribution in [0.15, 0.2) is 29.2 Å². The summed E-state index contributed by atoms with van der Waals surface area (Å²) in [5.74, 6) is -0.687. The number of alkyl halides is 3. The van der Waals surface area contributed by atoms with Crippen LogP contribution >= 0.6 is 0 Å². The Kier molecular flexibility index (Phi) is 7.18. The molecule has 0 saturated carbocycles. The maximum atomic E-state index is 12.2. The molecular formula is C14H19F3N2O4S. The molecule has 0 bridgehead atoms. The average molecular weight is 368 g/mol. The van der Waals surface area contributed by atoms with Crippen LogP contribution in [0.2, 0.25) is 0 Å². The molecule has 1 amide bonds. The number of methoxy groups -OCH3 is 1. The van der Waals surface area contributed by atoms with Crippen molar-refractivity contribution in [1.82, 2.24) is 9.62 Å². The van der Waals surface area contributed by atoms with Gasteiger partial charge in [0.1, 0.15) is 0 Å². The second-order valence-electron chi connectivity index (χ2n) is 5.01. The van der Waals surface area contributed by atoms with Crippen LogP contribution < -0.4 is 4.72 Å². The van der Waals surface area contributed by atoms with Crippen molar-refractivity contribution in [1.29, 1.82) is 0 Å². The van der Waals surface area contributed by atoms with E-state index in [9.17, 15) is 26.4 Å². The van der Waals surface area contributed by atoms with Crippen LogP contribution in [0.1, 0.15) is 16.8 Å². The lowest BCUT2D eigenvalue weighted by Gasteiger charge is -2.18. The van der Waals surface area contributed by atoms with E-state index in [1.165, 1.54) is 32.4 Å². The topological polar surface area (TPSA) is 75.7 Å². The molecule has 1 aromatic carbocycles. The first-order chi connectivity index (χ1) is 11.1. The second kappa shape index (κ2) is 8.45. The predicted molar refractivity (Wildman–Crippen MR) is 81.1 cm³/mol. The number of halogens is 3. The van der Waals surface area contributed by atoms with Gasteiger partial charge in [-0.15, -0.1) is 0 Å². The largest absolute Gasteiger partial charge is 0.390 e. The number of sulfonamides is 1. The smallest absolute Gasteiger partial charge is 0.383 e. The van der Waals surface area contributed by atoms with Crippen molar-refractivity contribution >= 4 is 15.9 Å². The Morgan fingerprint density at radius 2 is 2.00 bits per heavy atom. The third-order valence-electron chi connectivity index (χ3n) is 3.07. The van der Waals surface area contributed by atoms with E-state index in [0.717, 1.165) is 11.0 Å². The van der Waals surface area contributed by atoms with Gasteiger partial charge in [-0.1, -0.05) is 6.07 Å². The normalized spacial score (nSPS) is 12.2. The van der Waals surface area contributed by atoms with Crippen molar-refractivity contribution in [2.45, 2.75) is 17.5 Å². The molecule has 1 rings (SSSR count). The Bertz CT molecular complexity index is 662. The number of benzene rings is 1. The van der Waals surface area contributed by atoms with E-state index in [1.807, 2.05) is 0 Å². The number of hydrogen-bond acceptors (Lipinski definition) is 4. The summed E-state index contributed by atoms with van der Waals surface area (Å²) in [7, 11) is -1.18. The molecular weight excluding hydrogens is 349 g/mol. The Morgan fingerprint density at radius 3 is 2.58 bits per heavy atom. The molecule has 0 aliphatic heterocycles. The molecule has 0 radical (unpaired) electrons. The predicted octanol–water partition coefficient (Wildman–Crippen LogP) is 1.64. The molecule has 1 aromatic rings. The standard InChI is InChI=1S/C14H19F3N2O4S/c1-19(8-6-14(15,16)17)13(20)11-4-3-5-12(10-11)24(21,22)18-7-9-23-2/h3-5,10,18H,6-9H2,1-2H3. The Labute approximate surface area is 138 Å². The van der Waals surface area contributed by atoms with Crippen LogP contribution in [0.4, 0.5) is 13.2 Å². The lowest BCUT2D eigenvalue weighted by atomic mass is 10.2. The van der Waals surface area contributed by atoms with Crippen LogP contribution in [0.3, 0.4) is 0 Å². The van der Waals surface area contributed by atoms with Crippen LogP contribution in [0, 0.1) is 0 Å². The highest BCUT2D eigenvalue weighted by atomic mass is 32.2. The van der Waals surface area contributed by atoms with Gasteiger partial charge in [-0.25, -0.2) is 13.1 Å². The van der Waals surface area contributed by atoms with Crippen molar-refractivity contribution in [3.05, 3.63) is 29.8 Å². The molecule has 0 unspecified atom stereocenters. The summed E-state index contributed by atoms with van der Waals surface area (Å²) in [6, 6.07) is 5.12. The first kappa shape index (κ1) is 20.4. The van der Waals surface area contributed by atoms with E-state index >= 15 is 0 Å². The fourth-order valence-electron chi connectivity index (χ4n) is 1.77. The molecule has 0 aliphatic carbocycles. The van der Waals surface area contributed by atoms with Crippen molar-refractivity contribution in [3.63, 3.8) is 0 Å². The monoisotopic (exact) mass is 368 g/mol. The van der Waals surface area contributed by atoms with Crippen molar-refractivity contribution in [2.75, 3.05) is 33.9 Å². The first-order valence-electron chi connectivity index (χ1n) is 6.98. The molecule has 1 N–H and O–H groups in total. The molecule has 24 heavy (non-hydrogen) atoms. The number of carbonyl (C=O) groups is 1. The van der Waals surface area contributed by atoms with Gasteiger partial charge in [-0.05, 0) is 18.2 Å². The Morgan fingerprint density at radius 1 is 1.33 bits per heavy atom. The molecule has 0 aliphatic rings. The number of nitrogens with one attached hydrogen (secondary N) is 1. The Balaban J connectivity index is 2.85. The quantitative estimate of drug-likeness (QED) is 0.708. The number of nitrogens with zero attached hydrogens (tertiary/aromatic N) is 1. The lowest BCUT2D eigenvalue weighted by Crippen LogP contribution is -2.31. The van der Waals surface area contributed by atoms with E-state index in [2.05, 4.69) is 4.72 Å². The summed E-state index contributed by atoms with van der Waals surface area (Å²) in [6.07, 6.45) is -5.50. The minimum absolute atomic E-state index is 0.00529. The average Bonchev–Trinajstić information content (AvgIpc) is 2.51. The summed E-state index contributed by atoms with van der Waals surface area (Å²) in [5.41, 5.74) is -0.00529. The van der Waals surface area contributed by atoms with Crippen LogP contribution in [0.5, 0.6) is 0 Å². The van der Waals surface area contributed by atoms with E-state index in [-0.39, 0.29) is 23.6 Å². The third kappa shape index (κ3) is 6.46. The Hall–Kier alpha value is -1.65. The zero-order valence-electron chi connectivity index (χ0n) is 13.3. The summed E-state index contributed by atoms with van der Waals surface area (Å²) in [5, 5.41) is 0. The van der Waals surface area contributed by atoms with E-state index in [1.54, 1.807) is 0 Å². The molecule has 6 nitrogen and oxygen atoms in total. The van der Waals surface area contributed by atoms with Gasteiger partial charge in [-0.3, -0.25) is 4.79 Å². The van der Waals surface area contributed by atoms with Gasteiger partial charge in [0.05, 0.1) is 17.9 Å². The van der Waals surface area contributed by atoms with Gasteiger partial charge in [0.2, 0.25) is 10.0 Å². The van der Waals surface area contributed by atoms with Gasteiger partial charge in [0, 0.05) is 32.8 Å². The number of carbonyl (C=O) groups excluding carboxylic acids is 1. The first-order valence-corrected chi connectivity index (χ1v) is 8.46. The fraction of sp³-hybridized carbons (Fsp3) is 0.500. The summed E-state index contributed by atoms with van der Waals surface area (Å²) < 4.78 is 67.8. The van der Waals surface area contributed by atoms with Gasteiger partial charge in [0.25, 0.3) is 5.91 Å². The zero-order chi connectivity index (χ0) is 18.4. The molecule has 0 saturated heterocycles. The number of hydrogen-bond donors (Lipinski definition) is 1. The maximum absolute atomic E-state index is 12.2. The summed E-state index contributed by atoms with van der Waals surface area (Å²) >= 11 is 0. The van der Waals surface area contributed by atoms with E-state index in [0.29, 0.717) is 0 Å². The highest BCUT2D eigenvalue weighted by Gasteiger charge is 2.28. The minimum atomic E-state index is -4.37. The number of ether oxygens (including phenoxy) is 1. The molecule has 136 valence electrons. The number of rotatable bonds is 8. The van der Waals surface area contributed by atoms with Crippen molar-refractivity contribution < 1.29 is 31.1 Å². The maximum Gasteiger partial charge on any atom is 0.390 e. The highest BCUT2D eigenvalue weighted by molar-refractivity contribution is 7.89. The van der Waals surface area contributed by atoms with Crippen LogP contribution in [-0.2, 0) is 14.8 Å². The number of amides is 1. The third-order valence-corrected chi connectivity index (χ3v) is 4.53. The second-order valence-corrected chi connectivity index (χ2v) is 6.78. The van der Waals surface area contributed by atoms with Crippen molar-refractivity contribution in [2.24, 2.45) is 0 Å². The molecule has 0 spiro atoms. The van der Waals surface area contributed by atoms with Gasteiger partial charge < -0.3 is 9.64 Å². The molecule has 0 aromatic heterocycles. The molecule has 0 fully saturated rings. The van der Waals surface area contributed by atoms with Crippen LogP contribution in [-0.4, -0.2) is 59.3 Å². The zero-order valence-corrected chi connectivity index (χ0v) is 14.1. The summed E-state index contributed by atoms with van der Waals surface area (Å²) in [6.45, 7) is -0.272. The lowest BCUT2D eigenvalue weighted by molar-refractivity contribution is -0.136.